The first kappa shape index (κ1) is 25.0. The van der Waals surface area contributed by atoms with Crippen molar-refractivity contribution in [3.05, 3.63) is 58.6 Å². The number of likely N-dealkylation sites (tertiary alicyclic amines) is 1. The van der Waals surface area contributed by atoms with E-state index in [1.807, 2.05) is 36.1 Å². The lowest BCUT2D eigenvalue weighted by Crippen LogP contribution is -2.46. The number of hydrogen-bond donors (Lipinski definition) is 1. The number of aliphatic imine (C=N–C) groups is 1. The number of methoxy groups -OCH3 is 1. The summed E-state index contributed by atoms with van der Waals surface area (Å²) in [7, 11) is 1.48. The summed E-state index contributed by atoms with van der Waals surface area (Å²) in [6.45, 7) is 10.4. The number of hydroxylamine groups is 1. The number of carbonyl (C=O) groups excluding carboxylic acids is 2. The van der Waals surface area contributed by atoms with E-state index in [9.17, 15) is 14.8 Å². The molecule has 3 rings (SSSR count). The Kier molecular flexibility index (Phi) is 7.44. The monoisotopic (exact) mass is 467 g/mol. The molecule has 2 aliphatic rings. The molecule has 2 heterocycles. The fourth-order valence-corrected chi connectivity index (χ4v) is 4.41. The number of guanidine groups is 1. The van der Waals surface area contributed by atoms with Crippen LogP contribution in [0.3, 0.4) is 0 Å². The zero-order valence-corrected chi connectivity index (χ0v) is 20.3. The molecule has 1 saturated heterocycles. The number of rotatable bonds is 7. The minimum atomic E-state index is -1.13. The average Bonchev–Trinajstić information content (AvgIpc) is 3.02. The van der Waals surface area contributed by atoms with Crippen LogP contribution < -0.4 is 5.73 Å². The molecule has 1 aromatic carbocycles. The van der Waals surface area contributed by atoms with E-state index in [1.54, 1.807) is 24.8 Å². The van der Waals surface area contributed by atoms with Crippen molar-refractivity contribution in [3.63, 3.8) is 0 Å². The Bertz CT molecular complexity index is 1070. The number of ether oxygens (including phenoxy) is 1. The number of nitrogens with zero attached hydrogens (tertiary/aromatic N) is 4. The van der Waals surface area contributed by atoms with Crippen molar-refractivity contribution in [1.82, 2.24) is 9.80 Å². The molecular weight excluding hydrogens is 434 g/mol. The molecule has 0 radical (unpaired) electrons. The van der Waals surface area contributed by atoms with Crippen molar-refractivity contribution in [3.8, 4) is 0 Å². The molecule has 0 aliphatic carbocycles. The van der Waals surface area contributed by atoms with Crippen LogP contribution in [0.15, 0.2) is 47.3 Å². The fraction of sp³-hybridized carbons (Fsp3) is 0.440. The minimum Gasteiger partial charge on any atom is -0.619 e. The van der Waals surface area contributed by atoms with Crippen molar-refractivity contribution in [1.29, 1.82) is 0 Å². The van der Waals surface area contributed by atoms with Crippen LogP contribution in [0, 0.1) is 11.1 Å². The molecule has 0 spiro atoms. The summed E-state index contributed by atoms with van der Waals surface area (Å²) >= 11 is 0. The van der Waals surface area contributed by atoms with E-state index in [2.05, 4.69) is 11.7 Å². The van der Waals surface area contributed by atoms with Crippen molar-refractivity contribution in [2.45, 2.75) is 39.2 Å². The zero-order valence-electron chi connectivity index (χ0n) is 20.3. The number of amides is 2. The van der Waals surface area contributed by atoms with Gasteiger partial charge in [0.05, 0.1) is 7.11 Å². The van der Waals surface area contributed by atoms with E-state index < -0.39 is 5.54 Å². The number of hydrogen-bond acceptors (Lipinski definition) is 6. The Hall–Kier alpha value is -3.62. The molecule has 9 nitrogen and oxygen atoms in total. The highest BCUT2D eigenvalue weighted by molar-refractivity contribution is 6.07. The number of piperidine rings is 1. The standard InChI is InChI=1S/C25H33N5O4/c1-17(13-22(34-5)16-28(4)33)20-7-6-8-21(14-20)25(3)23(32)30(24(26)27-25)15-19-9-11-29(12-10-19)18(2)31/h6-8,13-14,16,19H,4,9-12,15H2,1-3,5H3,(H2,26,27)/b17-13+,22-16+. The van der Waals surface area contributed by atoms with Gasteiger partial charge in [0, 0.05) is 26.6 Å². The lowest BCUT2D eigenvalue weighted by molar-refractivity contribution is -0.370. The van der Waals surface area contributed by atoms with Crippen molar-refractivity contribution >= 4 is 30.1 Å². The van der Waals surface area contributed by atoms with Gasteiger partial charge in [-0.25, -0.2) is 4.99 Å². The van der Waals surface area contributed by atoms with Gasteiger partial charge in [0.25, 0.3) is 5.91 Å². The first-order valence-electron chi connectivity index (χ1n) is 11.3. The largest absolute Gasteiger partial charge is 0.619 e. The van der Waals surface area contributed by atoms with Gasteiger partial charge in [-0.05, 0) is 61.4 Å². The van der Waals surface area contributed by atoms with Gasteiger partial charge >= 0.3 is 0 Å². The summed E-state index contributed by atoms with van der Waals surface area (Å²) < 4.78 is 5.65. The van der Waals surface area contributed by atoms with Gasteiger partial charge in [-0.15, -0.1) is 0 Å². The summed E-state index contributed by atoms with van der Waals surface area (Å²) in [6, 6.07) is 7.55. The maximum Gasteiger partial charge on any atom is 0.261 e. The second kappa shape index (κ2) is 10.1. The molecule has 2 amide bonds. The maximum atomic E-state index is 13.5. The first-order valence-corrected chi connectivity index (χ1v) is 11.3. The molecule has 182 valence electrons. The normalized spacial score (nSPS) is 22.1. The maximum absolute atomic E-state index is 13.5. The topological polar surface area (TPSA) is 114 Å². The van der Waals surface area contributed by atoms with E-state index in [1.165, 1.54) is 13.3 Å². The second-order valence-corrected chi connectivity index (χ2v) is 8.97. The van der Waals surface area contributed by atoms with Gasteiger partial charge in [0.15, 0.2) is 17.3 Å². The van der Waals surface area contributed by atoms with Gasteiger partial charge in [0.2, 0.25) is 12.1 Å². The Morgan fingerprint density at radius 1 is 1.38 bits per heavy atom. The van der Waals surface area contributed by atoms with E-state index >= 15 is 0 Å². The molecule has 2 aliphatic heterocycles. The average molecular weight is 468 g/mol. The molecule has 0 saturated carbocycles. The molecule has 1 unspecified atom stereocenters. The Morgan fingerprint density at radius 3 is 2.65 bits per heavy atom. The van der Waals surface area contributed by atoms with E-state index in [-0.39, 0.29) is 23.7 Å². The second-order valence-electron chi connectivity index (χ2n) is 8.97. The Labute approximate surface area is 200 Å². The third kappa shape index (κ3) is 5.30. The first-order chi connectivity index (χ1) is 16.0. The van der Waals surface area contributed by atoms with E-state index in [4.69, 9.17) is 10.5 Å². The molecule has 9 heteroatoms. The quantitative estimate of drug-likeness (QED) is 0.165. The van der Waals surface area contributed by atoms with Crippen LogP contribution >= 0.6 is 0 Å². The predicted octanol–water partition coefficient (Wildman–Crippen LogP) is 2.42. The molecule has 0 aromatic heterocycles. The molecule has 2 N–H and O–H groups in total. The third-order valence-electron chi connectivity index (χ3n) is 6.52. The molecule has 1 fully saturated rings. The van der Waals surface area contributed by atoms with E-state index in [0.29, 0.717) is 30.1 Å². The third-order valence-corrected chi connectivity index (χ3v) is 6.52. The highest BCUT2D eigenvalue weighted by Gasteiger charge is 2.46. The lowest BCUT2D eigenvalue weighted by atomic mass is 9.89. The van der Waals surface area contributed by atoms with Crippen molar-refractivity contribution in [2.24, 2.45) is 16.6 Å². The summed E-state index contributed by atoms with van der Waals surface area (Å²) in [4.78, 5) is 33.1. The van der Waals surface area contributed by atoms with Gasteiger partial charge < -0.3 is 20.6 Å². The number of benzene rings is 1. The van der Waals surface area contributed by atoms with Gasteiger partial charge in [-0.1, -0.05) is 18.2 Å². The molecule has 34 heavy (non-hydrogen) atoms. The van der Waals surface area contributed by atoms with Crippen LogP contribution in [0.25, 0.3) is 5.57 Å². The molecule has 1 atom stereocenters. The Morgan fingerprint density at radius 2 is 2.06 bits per heavy atom. The van der Waals surface area contributed by atoms with Crippen LogP contribution in [0.1, 0.15) is 44.7 Å². The zero-order chi connectivity index (χ0) is 25.0. The number of allylic oxidation sites excluding steroid dienone is 2. The SMILES string of the molecule is C=[N+]([O-])/C=C(\C=C(/C)c1cccc(C2(C)N=C(N)N(CC3CCN(C(C)=O)CC3)C2=O)c1)OC. The molecule has 0 bridgehead atoms. The number of nitrogens with two attached hydrogens (primary N) is 1. The fourth-order valence-electron chi connectivity index (χ4n) is 4.41. The van der Waals surface area contributed by atoms with Crippen LogP contribution in [0.4, 0.5) is 0 Å². The minimum absolute atomic E-state index is 0.0819. The Balaban J connectivity index is 1.79. The van der Waals surface area contributed by atoms with Crippen LogP contribution in [-0.2, 0) is 19.9 Å². The van der Waals surface area contributed by atoms with Crippen LogP contribution in [-0.4, -0.2) is 65.8 Å². The molecule has 1 aromatic rings. The van der Waals surface area contributed by atoms with Crippen LogP contribution in [0.2, 0.25) is 0 Å². The van der Waals surface area contributed by atoms with E-state index in [0.717, 1.165) is 29.5 Å². The van der Waals surface area contributed by atoms with Gasteiger partial charge in [-0.2, -0.15) is 4.74 Å². The lowest BCUT2D eigenvalue weighted by Gasteiger charge is -2.33. The van der Waals surface area contributed by atoms with Gasteiger partial charge in [0.1, 0.15) is 6.72 Å². The highest BCUT2D eigenvalue weighted by Crippen LogP contribution is 2.35. The smallest absolute Gasteiger partial charge is 0.261 e. The van der Waals surface area contributed by atoms with Crippen molar-refractivity contribution < 1.29 is 19.1 Å². The molecular formula is C25H33N5O4. The summed E-state index contributed by atoms with van der Waals surface area (Å²) in [5, 5.41) is 11.2. The number of carbonyl (C=O) groups is 2. The highest BCUT2D eigenvalue weighted by atomic mass is 16.5. The van der Waals surface area contributed by atoms with Crippen molar-refractivity contribution in [2.75, 3.05) is 26.7 Å². The van der Waals surface area contributed by atoms with Crippen LogP contribution in [0.5, 0.6) is 0 Å². The van der Waals surface area contributed by atoms with Gasteiger partial charge in [-0.3, -0.25) is 14.5 Å². The summed E-state index contributed by atoms with van der Waals surface area (Å²) in [5.74, 6) is 0.767. The predicted molar refractivity (Wildman–Crippen MR) is 132 cm³/mol. The summed E-state index contributed by atoms with van der Waals surface area (Å²) in [5.41, 5.74) is 7.53. The summed E-state index contributed by atoms with van der Waals surface area (Å²) in [6.07, 6.45) is 4.62.